The number of aliphatic imine (C=N–C) groups is 1. The summed E-state index contributed by atoms with van der Waals surface area (Å²) in [6, 6.07) is 1.93. The minimum atomic E-state index is -0.159. The topological polar surface area (TPSA) is 80.0 Å². The molecule has 1 aromatic rings. The van der Waals surface area contributed by atoms with Gasteiger partial charge in [0.1, 0.15) is 0 Å². The van der Waals surface area contributed by atoms with Gasteiger partial charge in [0.2, 0.25) is 0 Å². The van der Waals surface area contributed by atoms with E-state index in [2.05, 4.69) is 27.3 Å². The van der Waals surface area contributed by atoms with E-state index in [-0.39, 0.29) is 41.8 Å². The van der Waals surface area contributed by atoms with Gasteiger partial charge in [-0.1, -0.05) is 19.0 Å². The second-order valence-electron chi connectivity index (χ2n) is 5.55. The molecule has 1 fully saturated rings. The van der Waals surface area contributed by atoms with Crippen LogP contribution in [0.15, 0.2) is 15.6 Å². The Morgan fingerprint density at radius 2 is 2.30 bits per heavy atom. The SMILES string of the molecule is CCc1cc(CNC(=NC)N2CC(C)C(C(=O)OC)C2)on1.I. The molecule has 0 aliphatic carbocycles. The molecule has 0 saturated carbocycles. The molecular formula is C15H25IN4O3. The van der Waals surface area contributed by atoms with E-state index in [0.29, 0.717) is 13.1 Å². The highest BCUT2D eigenvalue weighted by Crippen LogP contribution is 2.24. The van der Waals surface area contributed by atoms with Gasteiger partial charge in [0.25, 0.3) is 0 Å². The third kappa shape index (κ3) is 4.82. The molecule has 23 heavy (non-hydrogen) atoms. The number of hydrogen-bond donors (Lipinski definition) is 1. The molecule has 2 atom stereocenters. The minimum Gasteiger partial charge on any atom is -0.469 e. The van der Waals surface area contributed by atoms with Gasteiger partial charge in [-0.05, 0) is 12.3 Å². The normalized spacial score (nSPS) is 21.0. The summed E-state index contributed by atoms with van der Waals surface area (Å²) in [5.74, 6) is 1.50. The Hall–Kier alpha value is -1.32. The van der Waals surface area contributed by atoms with Crippen LogP contribution in [0.25, 0.3) is 0 Å². The lowest BCUT2D eigenvalue weighted by Gasteiger charge is -2.20. The lowest BCUT2D eigenvalue weighted by molar-refractivity contribution is -0.145. The molecule has 1 aromatic heterocycles. The zero-order chi connectivity index (χ0) is 16.1. The van der Waals surface area contributed by atoms with Crippen molar-refractivity contribution in [3.05, 3.63) is 17.5 Å². The molecule has 0 bridgehead atoms. The van der Waals surface area contributed by atoms with Crippen LogP contribution >= 0.6 is 24.0 Å². The van der Waals surface area contributed by atoms with Crippen molar-refractivity contribution < 1.29 is 14.1 Å². The molecule has 1 N–H and O–H groups in total. The van der Waals surface area contributed by atoms with Crippen molar-refractivity contribution in [1.29, 1.82) is 0 Å². The summed E-state index contributed by atoms with van der Waals surface area (Å²) in [4.78, 5) is 18.1. The lowest BCUT2D eigenvalue weighted by Crippen LogP contribution is -2.40. The van der Waals surface area contributed by atoms with Crippen molar-refractivity contribution in [2.75, 3.05) is 27.2 Å². The van der Waals surface area contributed by atoms with Crippen molar-refractivity contribution in [3.63, 3.8) is 0 Å². The Labute approximate surface area is 153 Å². The molecule has 7 nitrogen and oxygen atoms in total. The fourth-order valence-electron chi connectivity index (χ4n) is 2.70. The van der Waals surface area contributed by atoms with Crippen LogP contribution in [-0.2, 0) is 22.5 Å². The first-order valence-corrected chi connectivity index (χ1v) is 7.56. The molecular weight excluding hydrogens is 411 g/mol. The van der Waals surface area contributed by atoms with Crippen LogP contribution in [0.4, 0.5) is 0 Å². The second-order valence-corrected chi connectivity index (χ2v) is 5.55. The Balaban J connectivity index is 0.00000264. The van der Waals surface area contributed by atoms with E-state index < -0.39 is 0 Å². The maximum absolute atomic E-state index is 11.8. The smallest absolute Gasteiger partial charge is 0.310 e. The van der Waals surface area contributed by atoms with E-state index in [0.717, 1.165) is 30.4 Å². The van der Waals surface area contributed by atoms with Crippen LogP contribution in [0, 0.1) is 11.8 Å². The van der Waals surface area contributed by atoms with Gasteiger partial charge < -0.3 is 19.5 Å². The van der Waals surface area contributed by atoms with E-state index in [1.165, 1.54) is 7.11 Å². The lowest BCUT2D eigenvalue weighted by atomic mass is 9.99. The number of aryl methyl sites for hydroxylation is 1. The van der Waals surface area contributed by atoms with Gasteiger partial charge in [0.15, 0.2) is 11.7 Å². The summed E-state index contributed by atoms with van der Waals surface area (Å²) in [5.41, 5.74) is 0.937. The quantitative estimate of drug-likeness (QED) is 0.335. The fraction of sp³-hybridized carbons (Fsp3) is 0.667. The molecule has 2 heterocycles. The first-order chi connectivity index (χ1) is 10.6. The number of hydrogen-bond acceptors (Lipinski definition) is 5. The highest BCUT2D eigenvalue weighted by Gasteiger charge is 2.36. The molecule has 0 spiro atoms. The number of aromatic nitrogens is 1. The van der Waals surface area contributed by atoms with Gasteiger partial charge >= 0.3 is 5.97 Å². The van der Waals surface area contributed by atoms with Crippen LogP contribution < -0.4 is 5.32 Å². The van der Waals surface area contributed by atoms with Crippen molar-refractivity contribution in [3.8, 4) is 0 Å². The maximum atomic E-state index is 11.8. The van der Waals surface area contributed by atoms with Crippen molar-refractivity contribution in [2.45, 2.75) is 26.8 Å². The molecule has 2 rings (SSSR count). The number of esters is 1. The Bertz CT molecular complexity index is 547. The van der Waals surface area contributed by atoms with Gasteiger partial charge in [0, 0.05) is 26.2 Å². The molecule has 2 unspecified atom stereocenters. The van der Waals surface area contributed by atoms with Crippen molar-refractivity contribution >= 4 is 35.9 Å². The summed E-state index contributed by atoms with van der Waals surface area (Å²) < 4.78 is 10.1. The molecule has 0 aromatic carbocycles. The predicted molar refractivity (Wildman–Crippen MR) is 97.7 cm³/mol. The molecule has 0 amide bonds. The summed E-state index contributed by atoms with van der Waals surface area (Å²) in [6.45, 7) is 6.00. The van der Waals surface area contributed by atoms with E-state index in [9.17, 15) is 4.79 Å². The average Bonchev–Trinajstić information content (AvgIpc) is 3.14. The summed E-state index contributed by atoms with van der Waals surface area (Å²) >= 11 is 0. The third-order valence-electron chi connectivity index (χ3n) is 4.02. The molecule has 1 aliphatic rings. The number of likely N-dealkylation sites (tertiary alicyclic amines) is 1. The highest BCUT2D eigenvalue weighted by atomic mass is 127. The van der Waals surface area contributed by atoms with E-state index in [4.69, 9.17) is 9.26 Å². The van der Waals surface area contributed by atoms with Gasteiger partial charge in [-0.15, -0.1) is 24.0 Å². The molecule has 0 radical (unpaired) electrons. The van der Waals surface area contributed by atoms with Crippen LogP contribution in [0.1, 0.15) is 25.3 Å². The Kier molecular flexibility index (Phi) is 7.80. The van der Waals surface area contributed by atoms with Crippen molar-refractivity contribution in [2.24, 2.45) is 16.8 Å². The predicted octanol–water partition coefficient (Wildman–Crippen LogP) is 1.67. The summed E-state index contributed by atoms with van der Waals surface area (Å²) in [5, 5.41) is 7.22. The van der Waals surface area contributed by atoms with Crippen molar-refractivity contribution in [1.82, 2.24) is 15.4 Å². The number of nitrogens with zero attached hydrogens (tertiary/aromatic N) is 3. The van der Waals surface area contributed by atoms with Crippen LogP contribution in [0.3, 0.4) is 0 Å². The zero-order valence-corrected chi connectivity index (χ0v) is 16.4. The summed E-state index contributed by atoms with van der Waals surface area (Å²) in [6.07, 6.45) is 0.850. The number of methoxy groups -OCH3 is 1. The number of halogens is 1. The van der Waals surface area contributed by atoms with Crippen LogP contribution in [0.5, 0.6) is 0 Å². The monoisotopic (exact) mass is 436 g/mol. The van der Waals surface area contributed by atoms with Crippen LogP contribution in [0.2, 0.25) is 0 Å². The number of ether oxygens (including phenoxy) is 1. The molecule has 1 aliphatic heterocycles. The van der Waals surface area contributed by atoms with Gasteiger partial charge in [0.05, 0.1) is 25.3 Å². The third-order valence-corrected chi connectivity index (χ3v) is 4.02. The Morgan fingerprint density at radius 3 is 2.87 bits per heavy atom. The van der Waals surface area contributed by atoms with Gasteiger partial charge in [-0.2, -0.15) is 0 Å². The minimum absolute atomic E-state index is 0. The van der Waals surface area contributed by atoms with E-state index >= 15 is 0 Å². The van der Waals surface area contributed by atoms with Gasteiger partial charge in [-0.3, -0.25) is 9.79 Å². The number of guanidine groups is 1. The number of rotatable bonds is 4. The number of carbonyl (C=O) groups excluding carboxylic acids is 1. The largest absolute Gasteiger partial charge is 0.469 e. The van der Waals surface area contributed by atoms with Crippen LogP contribution in [-0.4, -0.2) is 49.2 Å². The summed E-state index contributed by atoms with van der Waals surface area (Å²) in [7, 11) is 3.16. The number of carbonyl (C=O) groups is 1. The first kappa shape index (κ1) is 19.7. The van der Waals surface area contributed by atoms with E-state index in [1.54, 1.807) is 7.05 Å². The number of nitrogens with one attached hydrogen (secondary N) is 1. The average molecular weight is 436 g/mol. The molecule has 1 saturated heterocycles. The second kappa shape index (κ2) is 9.09. The Morgan fingerprint density at radius 1 is 1.57 bits per heavy atom. The van der Waals surface area contributed by atoms with Gasteiger partial charge in [-0.25, -0.2) is 0 Å². The maximum Gasteiger partial charge on any atom is 0.310 e. The van der Waals surface area contributed by atoms with E-state index in [1.807, 2.05) is 13.0 Å². The first-order valence-electron chi connectivity index (χ1n) is 7.56. The highest BCUT2D eigenvalue weighted by molar-refractivity contribution is 14.0. The molecule has 130 valence electrons. The zero-order valence-electron chi connectivity index (χ0n) is 14.0. The molecule has 8 heteroatoms. The standard InChI is InChI=1S/C15H24N4O3.HI/c1-5-11-6-12(22-18-11)7-17-15(16-3)19-8-10(2)13(9-19)14(20)21-4;/h6,10,13H,5,7-9H2,1-4H3,(H,16,17);1H. The fourth-order valence-corrected chi connectivity index (χ4v) is 2.70.